The molecule has 3 aromatic rings. The first-order valence-corrected chi connectivity index (χ1v) is 9.43. The molecule has 0 aliphatic carbocycles. The molecule has 0 amide bonds. The number of ether oxygens (including phenoxy) is 3. The number of fused-ring (bicyclic) bond motifs is 3. The number of anilines is 1. The summed E-state index contributed by atoms with van der Waals surface area (Å²) in [6.07, 6.45) is 0. The molecule has 2 aromatic carbocycles. The molecule has 1 aromatic heterocycles. The van der Waals surface area contributed by atoms with Gasteiger partial charge in [0, 0.05) is 17.3 Å². The zero-order valence-corrected chi connectivity index (χ0v) is 16.9. The van der Waals surface area contributed by atoms with Gasteiger partial charge in [0.1, 0.15) is 11.5 Å². The Hall–Kier alpha value is -3.48. The number of carbonyl (C=O) groups excluding carboxylic acids is 1. The summed E-state index contributed by atoms with van der Waals surface area (Å²) in [5.74, 6) is 1.58. The second-order valence-corrected chi connectivity index (χ2v) is 6.66. The van der Waals surface area contributed by atoms with E-state index >= 15 is 0 Å². The number of rotatable bonds is 5. The predicted molar refractivity (Wildman–Crippen MR) is 111 cm³/mol. The van der Waals surface area contributed by atoms with Crippen LogP contribution in [0.5, 0.6) is 11.5 Å². The summed E-state index contributed by atoms with van der Waals surface area (Å²) in [4.78, 5) is 17.7. The topological polar surface area (TPSA) is 74.6 Å². The molecule has 1 N–H and O–H groups in total. The number of nitrogens with one attached hydrogen (secondary N) is 1. The molecule has 1 atom stereocenters. The Labute approximate surface area is 168 Å². The number of benzene rings is 2. The molecule has 0 spiro atoms. The Kier molecular flexibility index (Phi) is 4.88. The smallest absolute Gasteiger partial charge is 0.338 e. The first-order chi connectivity index (χ1) is 14.1. The highest BCUT2D eigenvalue weighted by Gasteiger charge is 2.35. The third-order valence-electron chi connectivity index (χ3n) is 5.10. The van der Waals surface area contributed by atoms with Crippen LogP contribution in [0.1, 0.15) is 25.5 Å². The van der Waals surface area contributed by atoms with Gasteiger partial charge in [0.25, 0.3) is 0 Å². The molecular weight excluding hydrogens is 370 g/mol. The number of allylic oxidation sites excluding steroid dienone is 1. The third-order valence-corrected chi connectivity index (χ3v) is 5.10. The van der Waals surface area contributed by atoms with Crippen molar-refractivity contribution in [3.8, 4) is 11.5 Å². The van der Waals surface area contributed by atoms with Crippen molar-refractivity contribution in [1.82, 2.24) is 9.55 Å². The first-order valence-electron chi connectivity index (χ1n) is 9.43. The molecule has 7 nitrogen and oxygen atoms in total. The molecule has 150 valence electrons. The highest BCUT2D eigenvalue weighted by Crippen LogP contribution is 2.42. The van der Waals surface area contributed by atoms with E-state index in [0.717, 1.165) is 22.3 Å². The van der Waals surface area contributed by atoms with Gasteiger partial charge in [-0.05, 0) is 38.1 Å². The maximum absolute atomic E-state index is 13.0. The average molecular weight is 393 g/mol. The van der Waals surface area contributed by atoms with Crippen LogP contribution in [-0.2, 0) is 9.53 Å². The molecule has 0 bridgehead atoms. The summed E-state index contributed by atoms with van der Waals surface area (Å²) in [5, 5.41) is 3.41. The normalized spacial score (nSPS) is 15.7. The Morgan fingerprint density at radius 1 is 1.17 bits per heavy atom. The fourth-order valence-electron chi connectivity index (χ4n) is 3.76. The van der Waals surface area contributed by atoms with Crippen molar-refractivity contribution in [3.05, 3.63) is 53.6 Å². The monoisotopic (exact) mass is 393 g/mol. The fourth-order valence-corrected chi connectivity index (χ4v) is 3.76. The van der Waals surface area contributed by atoms with Gasteiger partial charge in [-0.3, -0.25) is 4.57 Å². The third kappa shape index (κ3) is 3.08. The van der Waals surface area contributed by atoms with Crippen LogP contribution in [0, 0.1) is 0 Å². The van der Waals surface area contributed by atoms with Crippen LogP contribution in [0.3, 0.4) is 0 Å². The van der Waals surface area contributed by atoms with Crippen molar-refractivity contribution in [2.45, 2.75) is 19.9 Å². The van der Waals surface area contributed by atoms with Gasteiger partial charge < -0.3 is 19.5 Å². The van der Waals surface area contributed by atoms with E-state index in [1.807, 2.05) is 47.9 Å². The second-order valence-electron chi connectivity index (χ2n) is 6.66. The van der Waals surface area contributed by atoms with Crippen molar-refractivity contribution in [1.29, 1.82) is 0 Å². The van der Waals surface area contributed by atoms with Crippen LogP contribution in [0.15, 0.2) is 48.0 Å². The largest absolute Gasteiger partial charge is 0.497 e. The van der Waals surface area contributed by atoms with E-state index < -0.39 is 6.04 Å². The Morgan fingerprint density at radius 3 is 2.69 bits per heavy atom. The highest BCUT2D eigenvalue weighted by molar-refractivity contribution is 6.00. The quantitative estimate of drug-likeness (QED) is 0.660. The Bertz CT molecular complexity index is 1120. The van der Waals surface area contributed by atoms with E-state index in [1.165, 1.54) is 0 Å². The highest BCUT2D eigenvalue weighted by atomic mass is 16.5. The van der Waals surface area contributed by atoms with Crippen molar-refractivity contribution in [3.63, 3.8) is 0 Å². The maximum Gasteiger partial charge on any atom is 0.338 e. The molecule has 0 saturated carbocycles. The van der Waals surface area contributed by atoms with Crippen molar-refractivity contribution in [2.24, 2.45) is 0 Å². The molecule has 0 radical (unpaired) electrons. The summed E-state index contributed by atoms with van der Waals surface area (Å²) in [6, 6.07) is 12.9. The lowest BCUT2D eigenvalue weighted by Crippen LogP contribution is -2.28. The van der Waals surface area contributed by atoms with Crippen molar-refractivity contribution >= 4 is 28.6 Å². The molecule has 1 aliphatic heterocycles. The predicted octanol–water partition coefficient (Wildman–Crippen LogP) is 4.01. The lowest BCUT2D eigenvalue weighted by atomic mass is 9.94. The SMILES string of the molecule is CCOC(=O)C1=C(C)n2c(nc3ccccc32)NC1c1ccc(OC)cc1OC. The minimum Gasteiger partial charge on any atom is -0.497 e. The van der Waals surface area contributed by atoms with Gasteiger partial charge in [0.15, 0.2) is 0 Å². The van der Waals surface area contributed by atoms with E-state index in [4.69, 9.17) is 19.2 Å². The van der Waals surface area contributed by atoms with Crippen molar-refractivity contribution in [2.75, 3.05) is 26.1 Å². The number of nitrogens with zero attached hydrogens (tertiary/aromatic N) is 2. The van der Waals surface area contributed by atoms with Crippen LogP contribution in [0.2, 0.25) is 0 Å². The number of imidazole rings is 1. The van der Waals surface area contributed by atoms with E-state index in [0.29, 0.717) is 29.6 Å². The van der Waals surface area contributed by atoms with E-state index in [1.54, 1.807) is 27.2 Å². The summed E-state index contributed by atoms with van der Waals surface area (Å²) in [7, 11) is 3.20. The molecule has 2 heterocycles. The van der Waals surface area contributed by atoms with Crippen LogP contribution in [0.4, 0.5) is 5.95 Å². The van der Waals surface area contributed by atoms with Gasteiger partial charge in [-0.1, -0.05) is 12.1 Å². The minimum atomic E-state index is -0.473. The second kappa shape index (κ2) is 7.50. The Morgan fingerprint density at radius 2 is 1.97 bits per heavy atom. The Balaban J connectivity index is 1.93. The number of carbonyl (C=O) groups is 1. The summed E-state index contributed by atoms with van der Waals surface area (Å²) < 4.78 is 18.2. The number of hydrogen-bond acceptors (Lipinski definition) is 6. The van der Waals surface area contributed by atoms with Crippen LogP contribution in [-0.4, -0.2) is 36.3 Å². The van der Waals surface area contributed by atoms with Gasteiger partial charge >= 0.3 is 5.97 Å². The standard InChI is InChI=1S/C22H23N3O4/c1-5-29-21(26)19-13(2)25-17-9-7-6-8-16(17)23-22(25)24-20(19)15-11-10-14(27-3)12-18(15)28-4/h6-12,20H,5H2,1-4H3,(H,23,24). The van der Waals surface area contributed by atoms with Gasteiger partial charge in [-0.15, -0.1) is 0 Å². The van der Waals surface area contributed by atoms with Gasteiger partial charge in [-0.25, -0.2) is 9.78 Å². The molecular formula is C22H23N3O4. The number of para-hydroxylation sites is 2. The van der Waals surface area contributed by atoms with E-state index in [9.17, 15) is 4.79 Å². The summed E-state index contributed by atoms with van der Waals surface area (Å²) in [6.45, 7) is 4.00. The first kappa shape index (κ1) is 18.9. The minimum absolute atomic E-state index is 0.291. The summed E-state index contributed by atoms with van der Waals surface area (Å²) in [5.41, 5.74) is 3.86. The zero-order chi connectivity index (χ0) is 20.5. The van der Waals surface area contributed by atoms with E-state index in [-0.39, 0.29) is 5.97 Å². The molecule has 1 aliphatic rings. The van der Waals surface area contributed by atoms with E-state index in [2.05, 4.69) is 5.32 Å². The van der Waals surface area contributed by atoms with Gasteiger partial charge in [0.05, 0.1) is 43.5 Å². The molecule has 7 heteroatoms. The fraction of sp³-hybridized carbons (Fsp3) is 0.273. The van der Waals surface area contributed by atoms with Gasteiger partial charge in [0.2, 0.25) is 5.95 Å². The lowest BCUT2D eigenvalue weighted by Gasteiger charge is -2.30. The molecule has 4 rings (SSSR count). The maximum atomic E-state index is 13.0. The van der Waals surface area contributed by atoms with Crippen LogP contribution >= 0.6 is 0 Å². The van der Waals surface area contributed by atoms with Gasteiger partial charge in [-0.2, -0.15) is 0 Å². The molecule has 0 saturated heterocycles. The number of aromatic nitrogens is 2. The molecule has 29 heavy (non-hydrogen) atoms. The zero-order valence-electron chi connectivity index (χ0n) is 16.9. The lowest BCUT2D eigenvalue weighted by molar-refractivity contribution is -0.138. The van der Waals surface area contributed by atoms with Crippen molar-refractivity contribution < 1.29 is 19.0 Å². The number of hydrogen-bond donors (Lipinski definition) is 1. The van der Waals surface area contributed by atoms with Crippen LogP contribution < -0.4 is 14.8 Å². The molecule has 1 unspecified atom stereocenters. The summed E-state index contributed by atoms with van der Waals surface area (Å²) >= 11 is 0. The molecule has 0 fully saturated rings. The number of methoxy groups -OCH3 is 2. The van der Waals surface area contributed by atoms with Crippen LogP contribution in [0.25, 0.3) is 16.7 Å². The average Bonchev–Trinajstić information content (AvgIpc) is 3.11. The number of esters is 1.